The third kappa shape index (κ3) is 6.87. The topological polar surface area (TPSA) is 118 Å². The summed E-state index contributed by atoms with van der Waals surface area (Å²) in [7, 11) is 2.13. The molecule has 260 valence electrons. The zero-order chi connectivity index (χ0) is 34.5. The SMILES string of the molecule is COCCn1cc2c(Cl)c(-c3cn(COCC[Si](C)(C)C)c4nc(N5[C@H]6CC[C@@H]5[C@H](NC(=O)OC(C)(C)C)C6)n(C)c(=O)c34)ccc2n1. The van der Waals surface area contributed by atoms with Crippen LogP contribution in [0.15, 0.2) is 29.3 Å². The molecule has 2 fully saturated rings. The molecule has 1 aromatic carbocycles. The van der Waals surface area contributed by atoms with Crippen LogP contribution < -0.4 is 15.8 Å². The van der Waals surface area contributed by atoms with Crippen LogP contribution in [-0.4, -0.2) is 82.1 Å². The van der Waals surface area contributed by atoms with E-state index in [9.17, 15) is 9.59 Å². The van der Waals surface area contributed by atoms with Crippen LogP contribution >= 0.6 is 11.6 Å². The predicted molar refractivity (Wildman–Crippen MR) is 192 cm³/mol. The van der Waals surface area contributed by atoms with Gasteiger partial charge in [0.25, 0.3) is 5.56 Å². The van der Waals surface area contributed by atoms with Crippen LogP contribution in [0.4, 0.5) is 10.7 Å². The first kappa shape index (κ1) is 34.5. The monoisotopic (exact) mass is 697 g/mol. The molecule has 2 saturated heterocycles. The van der Waals surface area contributed by atoms with Crippen molar-refractivity contribution in [3.05, 3.63) is 39.9 Å². The second-order valence-corrected chi connectivity index (χ2v) is 21.3. The first-order valence-electron chi connectivity index (χ1n) is 16.8. The van der Waals surface area contributed by atoms with E-state index in [2.05, 4.69) is 35.0 Å². The van der Waals surface area contributed by atoms with Gasteiger partial charge in [-0.15, -0.1) is 0 Å². The molecule has 0 saturated carbocycles. The number of nitrogens with zero attached hydrogens (tertiary/aromatic N) is 6. The molecule has 6 rings (SSSR count). The van der Waals surface area contributed by atoms with Gasteiger partial charge in [-0.3, -0.25) is 14.0 Å². The van der Waals surface area contributed by atoms with Gasteiger partial charge in [0.05, 0.1) is 41.2 Å². The number of ether oxygens (including phenoxy) is 3. The van der Waals surface area contributed by atoms with Crippen LogP contribution in [0.25, 0.3) is 33.1 Å². The van der Waals surface area contributed by atoms with E-state index >= 15 is 0 Å². The lowest BCUT2D eigenvalue weighted by atomic mass is 9.96. The molecule has 4 aromatic rings. The highest BCUT2D eigenvalue weighted by atomic mass is 35.5. The molecule has 2 aliphatic rings. The molecule has 48 heavy (non-hydrogen) atoms. The Morgan fingerprint density at radius 2 is 1.90 bits per heavy atom. The number of alkyl carbamates (subject to hydrolysis) is 1. The Bertz CT molecular complexity index is 1890. The Morgan fingerprint density at radius 3 is 2.60 bits per heavy atom. The average molecular weight is 698 g/mol. The van der Waals surface area contributed by atoms with E-state index in [1.807, 2.05) is 54.5 Å². The maximum atomic E-state index is 14.4. The summed E-state index contributed by atoms with van der Waals surface area (Å²) in [6.45, 7) is 14.5. The van der Waals surface area contributed by atoms with Gasteiger partial charge in [0.1, 0.15) is 12.3 Å². The third-order valence-corrected chi connectivity index (χ3v) is 11.4. The van der Waals surface area contributed by atoms with Crippen molar-refractivity contribution in [2.45, 2.75) is 103 Å². The molecule has 2 bridgehead atoms. The highest BCUT2D eigenvalue weighted by molar-refractivity contribution is 6.76. The largest absolute Gasteiger partial charge is 0.444 e. The molecule has 0 radical (unpaired) electrons. The van der Waals surface area contributed by atoms with Gasteiger partial charge in [0.15, 0.2) is 5.65 Å². The summed E-state index contributed by atoms with van der Waals surface area (Å²) in [5, 5.41) is 9.54. The molecular formula is C34H48ClN7O5Si. The van der Waals surface area contributed by atoms with Gasteiger partial charge in [0, 0.05) is 63.8 Å². The fourth-order valence-electron chi connectivity index (χ4n) is 6.91. The van der Waals surface area contributed by atoms with Crippen molar-refractivity contribution in [3.8, 4) is 11.1 Å². The molecule has 12 nitrogen and oxygen atoms in total. The Labute approximate surface area is 287 Å². The highest BCUT2D eigenvalue weighted by Gasteiger charge is 2.49. The number of fused-ring (bicyclic) bond motifs is 4. The molecule has 0 unspecified atom stereocenters. The summed E-state index contributed by atoms with van der Waals surface area (Å²) in [6, 6.07) is 4.92. The smallest absolute Gasteiger partial charge is 0.407 e. The van der Waals surface area contributed by atoms with Gasteiger partial charge >= 0.3 is 6.09 Å². The number of nitrogens with one attached hydrogen (secondary N) is 1. The van der Waals surface area contributed by atoms with Crippen molar-refractivity contribution in [1.82, 2.24) is 29.2 Å². The Balaban J connectivity index is 1.40. The number of methoxy groups -OCH3 is 1. The summed E-state index contributed by atoms with van der Waals surface area (Å²) < 4.78 is 22.4. The molecule has 2 aliphatic heterocycles. The van der Waals surface area contributed by atoms with E-state index in [4.69, 9.17) is 30.8 Å². The number of hydrogen-bond donors (Lipinski definition) is 1. The van der Waals surface area contributed by atoms with Crippen molar-refractivity contribution >= 4 is 53.7 Å². The van der Waals surface area contributed by atoms with Gasteiger partial charge in [-0.1, -0.05) is 37.3 Å². The van der Waals surface area contributed by atoms with Crippen molar-refractivity contribution in [3.63, 3.8) is 0 Å². The Hall–Kier alpha value is -3.39. The van der Waals surface area contributed by atoms with Crippen LogP contribution in [0.3, 0.4) is 0 Å². The lowest BCUT2D eigenvalue weighted by molar-refractivity contribution is 0.0497. The maximum Gasteiger partial charge on any atom is 0.407 e. The molecular weight excluding hydrogens is 650 g/mol. The van der Waals surface area contributed by atoms with E-state index in [-0.39, 0.29) is 30.4 Å². The first-order valence-corrected chi connectivity index (χ1v) is 20.8. The highest BCUT2D eigenvalue weighted by Crippen LogP contribution is 2.42. The van der Waals surface area contributed by atoms with E-state index in [0.29, 0.717) is 47.3 Å². The summed E-state index contributed by atoms with van der Waals surface area (Å²) in [4.78, 5) is 34.5. The molecule has 1 N–H and O–H groups in total. The number of aromatic nitrogens is 5. The van der Waals surface area contributed by atoms with Crippen LogP contribution in [0.1, 0.15) is 40.0 Å². The van der Waals surface area contributed by atoms with Gasteiger partial charge in [-0.05, 0) is 52.1 Å². The molecule has 1 amide bonds. The van der Waals surface area contributed by atoms with Crippen LogP contribution in [0.2, 0.25) is 30.7 Å². The minimum Gasteiger partial charge on any atom is -0.444 e. The fourth-order valence-corrected chi connectivity index (χ4v) is 7.98. The normalized spacial score (nSPS) is 19.6. The van der Waals surface area contributed by atoms with Gasteiger partial charge < -0.3 is 29.0 Å². The van der Waals surface area contributed by atoms with Crippen LogP contribution in [0.5, 0.6) is 0 Å². The lowest BCUT2D eigenvalue weighted by Crippen LogP contribution is -2.46. The van der Waals surface area contributed by atoms with Crippen LogP contribution in [0, 0.1) is 0 Å². The zero-order valence-corrected chi connectivity index (χ0v) is 31.1. The Kier molecular flexibility index (Phi) is 9.44. The molecule has 14 heteroatoms. The minimum absolute atomic E-state index is 0.000409. The number of carbonyl (C=O) groups excluding carboxylic acids is 1. The van der Waals surface area contributed by atoms with Gasteiger partial charge in [-0.25, -0.2) is 4.79 Å². The van der Waals surface area contributed by atoms with Crippen LogP contribution in [-0.2, 0) is 34.5 Å². The zero-order valence-electron chi connectivity index (χ0n) is 29.3. The number of benzene rings is 1. The van der Waals surface area contributed by atoms with E-state index < -0.39 is 19.8 Å². The molecule has 5 heterocycles. The predicted octanol–water partition coefficient (Wildman–Crippen LogP) is 6.00. The van der Waals surface area contributed by atoms with E-state index in [0.717, 1.165) is 41.8 Å². The first-order chi connectivity index (χ1) is 22.6. The summed E-state index contributed by atoms with van der Waals surface area (Å²) in [6.07, 6.45) is 6.04. The van der Waals surface area contributed by atoms with Crippen molar-refractivity contribution in [1.29, 1.82) is 0 Å². The molecule has 0 aliphatic carbocycles. The molecule has 0 spiro atoms. The van der Waals surface area contributed by atoms with Crippen molar-refractivity contribution in [2.24, 2.45) is 7.05 Å². The summed E-state index contributed by atoms with van der Waals surface area (Å²) >= 11 is 7.08. The van der Waals surface area contributed by atoms with Gasteiger partial charge in [-0.2, -0.15) is 10.1 Å². The standard InChI is InChI=1S/C34H48ClN7O5Si/c1-34(2,3)47-33(44)36-26-17-21-9-12-27(26)42(21)32-37-30-28(31(43)39(32)4)23(18-40(30)20-46-15-16-48(6,7)8)22-10-11-25-24(29(22)35)19-41(38-25)13-14-45-5/h10-11,18-19,21,26-27H,9,12-17,20H2,1-8H3,(H,36,44)/t21-,26+,27+/m0/s1. The summed E-state index contributed by atoms with van der Waals surface area (Å²) in [5.41, 5.74) is 1.99. The summed E-state index contributed by atoms with van der Waals surface area (Å²) in [5.74, 6) is 0.586. The molecule has 3 aromatic heterocycles. The van der Waals surface area contributed by atoms with Gasteiger partial charge in [0.2, 0.25) is 5.95 Å². The number of rotatable bonds is 11. The average Bonchev–Trinajstić information content (AvgIpc) is 3.76. The second kappa shape index (κ2) is 13.1. The lowest BCUT2D eigenvalue weighted by Gasteiger charge is -2.28. The number of carbonyl (C=O) groups is 1. The maximum absolute atomic E-state index is 14.4. The third-order valence-electron chi connectivity index (χ3n) is 9.26. The number of hydrogen-bond acceptors (Lipinski definition) is 8. The second-order valence-electron chi connectivity index (χ2n) is 15.3. The van der Waals surface area contributed by atoms with Crippen molar-refractivity contribution in [2.75, 3.05) is 25.2 Å². The van der Waals surface area contributed by atoms with Crippen molar-refractivity contribution < 1.29 is 19.0 Å². The number of anilines is 1. The quantitative estimate of drug-likeness (QED) is 0.150. The Morgan fingerprint density at radius 1 is 1.12 bits per heavy atom. The number of halogens is 1. The van der Waals surface area contributed by atoms with E-state index in [1.165, 1.54) is 0 Å². The number of amides is 1. The minimum atomic E-state index is -1.30. The molecule has 3 atom stereocenters. The van der Waals surface area contributed by atoms with E-state index in [1.54, 1.807) is 18.7 Å². The fraction of sp³-hybridized carbons (Fsp3) is 0.588.